The molecule has 14 heteroatoms. The lowest BCUT2D eigenvalue weighted by Gasteiger charge is -2.36. The molecule has 308 valence electrons. The number of aromatic amines is 1. The molecule has 1 fully saturated rings. The van der Waals surface area contributed by atoms with Crippen LogP contribution in [-0.2, 0) is 24.0 Å². The van der Waals surface area contributed by atoms with Gasteiger partial charge in [-0.05, 0) is 49.7 Å². The largest absolute Gasteiger partial charge is 0.343 e. The Morgan fingerprint density at radius 3 is 1.96 bits per heavy atom. The quantitative estimate of drug-likeness (QED) is 0.145. The second-order valence-electron chi connectivity index (χ2n) is 14.4. The molecule has 2 aromatic rings. The zero-order valence-corrected chi connectivity index (χ0v) is 35.3. The number of nitrogens with zero attached hydrogens (tertiary/aromatic N) is 2. The molecular formula is C41H67N7O7. The number of amides is 5. The van der Waals surface area contributed by atoms with Crippen molar-refractivity contribution in [2.24, 2.45) is 11.3 Å². The summed E-state index contributed by atoms with van der Waals surface area (Å²) < 4.78 is 0. The Balaban J connectivity index is 0.00000336. The first-order chi connectivity index (χ1) is 25.8. The fourth-order valence-corrected chi connectivity index (χ4v) is 5.11. The lowest BCUT2D eigenvalue weighted by molar-refractivity contribution is -0.146. The number of hydrazine groups is 1. The second-order valence-corrected chi connectivity index (χ2v) is 14.4. The highest BCUT2D eigenvalue weighted by Gasteiger charge is 2.42. The smallest absolute Gasteiger partial charge is 0.289 e. The predicted octanol–water partition coefficient (Wildman–Crippen LogP) is 4.53. The monoisotopic (exact) mass is 770 g/mol. The molecule has 3 unspecified atom stereocenters. The van der Waals surface area contributed by atoms with Gasteiger partial charge in [0, 0.05) is 19.2 Å². The summed E-state index contributed by atoms with van der Waals surface area (Å²) in [5.74, 6) is -2.95. The molecule has 1 aliphatic heterocycles. The van der Waals surface area contributed by atoms with Crippen LogP contribution in [0.5, 0.6) is 0 Å². The number of H-pyrrole nitrogens is 1. The van der Waals surface area contributed by atoms with Gasteiger partial charge in [0.1, 0.15) is 23.8 Å². The molecule has 5 N–H and O–H groups in total. The van der Waals surface area contributed by atoms with Crippen molar-refractivity contribution in [3.63, 3.8) is 0 Å². The minimum atomic E-state index is -1.05. The molecule has 1 saturated heterocycles. The van der Waals surface area contributed by atoms with E-state index in [1.807, 2.05) is 58.0 Å². The number of benzene rings is 1. The lowest BCUT2D eigenvalue weighted by atomic mass is 9.85. The maximum atomic E-state index is 13.9. The number of hydrogen-bond acceptors (Lipinski definition) is 8. The number of rotatable bonds is 13. The number of Topliss-reactive ketones (excluding diaryl/α,β-unsaturated/α-hetero) is 1. The Morgan fingerprint density at radius 2 is 1.44 bits per heavy atom. The van der Waals surface area contributed by atoms with Gasteiger partial charge in [0.2, 0.25) is 23.2 Å². The van der Waals surface area contributed by atoms with Crippen LogP contribution in [0.1, 0.15) is 125 Å². The van der Waals surface area contributed by atoms with E-state index >= 15 is 0 Å². The van der Waals surface area contributed by atoms with Gasteiger partial charge in [-0.3, -0.25) is 39.0 Å². The van der Waals surface area contributed by atoms with Gasteiger partial charge in [-0.25, -0.2) is 5.01 Å². The molecule has 2 heterocycles. The van der Waals surface area contributed by atoms with Gasteiger partial charge in [0.05, 0.1) is 12.6 Å². The summed E-state index contributed by atoms with van der Waals surface area (Å²) in [5.41, 5.74) is 2.27. The van der Waals surface area contributed by atoms with Crippen LogP contribution in [0.15, 0.2) is 53.3 Å². The molecule has 1 aromatic carbocycles. The standard InChI is InChI=1S/C33H45N7O7.C4H10.2C2H6/c1-7-39(19-25(41)31(46)34-20(2)22-13-9-8-10-14-22)38-30(45)24-16-12-18-40(24)32(47)27(33(4,5)6)37-28(43)21(3)35-29(44)23-15-11-17-26(42)36-23;1-4(2)3;2*1-2/h8-11,13-15,17,20-21,24,27H,7,12,16,18-19H2,1-6H3,(H,34,46)(H,35,44)(H,36,42)(H,37,43)(H,38,45);4H,1-3H3;2*1-2H3/t20-,21?,24?,27?;;;/m1.../s1. The van der Waals surface area contributed by atoms with Crippen molar-refractivity contribution in [2.45, 2.75) is 127 Å². The second kappa shape index (κ2) is 25.3. The molecule has 55 heavy (non-hydrogen) atoms. The zero-order valence-electron chi connectivity index (χ0n) is 35.3. The first-order valence-corrected chi connectivity index (χ1v) is 19.4. The Kier molecular flexibility index (Phi) is 23.0. The van der Waals surface area contributed by atoms with E-state index < -0.39 is 64.4 Å². The Labute approximate surface area is 327 Å². The summed E-state index contributed by atoms with van der Waals surface area (Å²) >= 11 is 0. The summed E-state index contributed by atoms with van der Waals surface area (Å²) in [6.45, 7) is 24.9. The zero-order chi connectivity index (χ0) is 42.5. The van der Waals surface area contributed by atoms with E-state index in [1.165, 1.54) is 35.0 Å². The van der Waals surface area contributed by atoms with Gasteiger partial charge in [-0.1, -0.05) is 113 Å². The van der Waals surface area contributed by atoms with Crippen molar-refractivity contribution in [3.05, 3.63) is 70.1 Å². The van der Waals surface area contributed by atoms with Crippen LogP contribution >= 0.6 is 0 Å². The van der Waals surface area contributed by atoms with Gasteiger partial charge in [-0.15, -0.1) is 0 Å². The summed E-state index contributed by atoms with van der Waals surface area (Å²) in [4.78, 5) is 93.6. The first-order valence-electron chi connectivity index (χ1n) is 19.4. The molecule has 0 bridgehead atoms. The van der Waals surface area contributed by atoms with Gasteiger partial charge in [-0.2, -0.15) is 0 Å². The SMILES string of the molecule is CC.CC.CC(C)C.CCN(CC(=O)C(=O)N[C@H](C)c1ccccc1)NC(=O)C1CCCN1C(=O)C(NC(=O)C(C)NC(=O)c1cccc(=O)[nH]1)C(C)(C)C. The van der Waals surface area contributed by atoms with Crippen LogP contribution < -0.4 is 26.9 Å². The van der Waals surface area contributed by atoms with Crippen LogP contribution in [0, 0.1) is 11.3 Å². The third-order valence-corrected chi connectivity index (χ3v) is 7.88. The molecule has 5 amide bonds. The number of carbonyl (C=O) groups is 6. The molecule has 0 spiro atoms. The molecule has 3 rings (SSSR count). The van der Waals surface area contributed by atoms with E-state index in [1.54, 1.807) is 34.6 Å². The van der Waals surface area contributed by atoms with Crippen LogP contribution in [0.3, 0.4) is 0 Å². The van der Waals surface area contributed by atoms with E-state index in [0.717, 1.165) is 11.5 Å². The van der Waals surface area contributed by atoms with E-state index in [2.05, 4.69) is 47.1 Å². The number of pyridine rings is 1. The Hall–Kier alpha value is -4.85. The number of carbonyl (C=O) groups excluding carboxylic acids is 6. The third-order valence-electron chi connectivity index (χ3n) is 7.88. The van der Waals surface area contributed by atoms with Crippen molar-refractivity contribution < 1.29 is 28.8 Å². The van der Waals surface area contributed by atoms with Crippen molar-refractivity contribution in [1.82, 2.24) is 36.3 Å². The van der Waals surface area contributed by atoms with Crippen LogP contribution in [-0.4, -0.2) is 88.0 Å². The van der Waals surface area contributed by atoms with Gasteiger partial charge >= 0.3 is 0 Å². The molecule has 4 atom stereocenters. The van der Waals surface area contributed by atoms with Crippen LogP contribution in [0.2, 0.25) is 0 Å². The number of nitrogens with one attached hydrogen (secondary N) is 5. The normalized spacial score (nSPS) is 15.0. The number of ketones is 1. The van der Waals surface area contributed by atoms with Gasteiger partial charge < -0.3 is 25.8 Å². The number of likely N-dealkylation sites (N-methyl/N-ethyl adjacent to an activating group) is 1. The Morgan fingerprint density at radius 1 is 0.855 bits per heavy atom. The minimum absolute atomic E-state index is 0.0169. The average Bonchev–Trinajstić information content (AvgIpc) is 3.65. The Bertz CT molecular complexity index is 1570. The molecular weight excluding hydrogens is 702 g/mol. The molecule has 14 nitrogen and oxygen atoms in total. The average molecular weight is 770 g/mol. The molecule has 0 saturated carbocycles. The topological polar surface area (TPSA) is 190 Å². The molecule has 1 aliphatic rings. The lowest BCUT2D eigenvalue weighted by Crippen LogP contribution is -2.60. The van der Waals surface area contributed by atoms with E-state index in [9.17, 15) is 33.6 Å². The molecule has 0 radical (unpaired) electrons. The van der Waals surface area contributed by atoms with Crippen molar-refractivity contribution in [3.8, 4) is 0 Å². The molecule has 0 aliphatic carbocycles. The van der Waals surface area contributed by atoms with Crippen molar-refractivity contribution >= 4 is 35.3 Å². The van der Waals surface area contributed by atoms with Crippen molar-refractivity contribution in [2.75, 3.05) is 19.6 Å². The first kappa shape index (κ1) is 50.1. The predicted molar refractivity (Wildman–Crippen MR) is 217 cm³/mol. The van der Waals surface area contributed by atoms with Crippen molar-refractivity contribution in [1.29, 1.82) is 0 Å². The summed E-state index contributed by atoms with van der Waals surface area (Å²) in [7, 11) is 0. The maximum absolute atomic E-state index is 13.9. The highest BCUT2D eigenvalue weighted by atomic mass is 16.2. The fraction of sp³-hybridized carbons (Fsp3) is 0.585. The van der Waals surface area contributed by atoms with Gasteiger partial charge in [0.25, 0.3) is 17.7 Å². The van der Waals surface area contributed by atoms with Gasteiger partial charge in [0.15, 0.2) is 0 Å². The highest BCUT2D eigenvalue weighted by Crippen LogP contribution is 2.26. The number of hydrogen-bond donors (Lipinski definition) is 5. The summed E-state index contributed by atoms with van der Waals surface area (Å²) in [5, 5.41) is 9.24. The van der Waals surface area contributed by atoms with E-state index in [4.69, 9.17) is 0 Å². The molecule has 1 aromatic heterocycles. The summed E-state index contributed by atoms with van der Waals surface area (Å²) in [6.07, 6.45) is 0.909. The number of aromatic nitrogens is 1. The highest BCUT2D eigenvalue weighted by molar-refractivity contribution is 6.37. The van der Waals surface area contributed by atoms with Crippen LogP contribution in [0.4, 0.5) is 0 Å². The summed E-state index contributed by atoms with van der Waals surface area (Å²) in [6, 6.07) is 9.92. The van der Waals surface area contributed by atoms with Crippen LogP contribution in [0.25, 0.3) is 0 Å². The van der Waals surface area contributed by atoms with E-state index in [0.29, 0.717) is 12.8 Å². The number of likely N-dealkylation sites (tertiary alicyclic amines) is 1. The van der Waals surface area contributed by atoms with E-state index in [-0.39, 0.29) is 31.4 Å². The fourth-order valence-electron chi connectivity index (χ4n) is 5.11. The third kappa shape index (κ3) is 17.4. The minimum Gasteiger partial charge on any atom is -0.343 e. The maximum Gasteiger partial charge on any atom is 0.289 e.